The first-order chi connectivity index (χ1) is 11.2. The molecule has 0 atom stereocenters. The van der Waals surface area contributed by atoms with E-state index in [2.05, 4.69) is 91.3 Å². The fraction of sp³-hybridized carbons (Fsp3) is 0.182. The van der Waals surface area contributed by atoms with E-state index in [0.29, 0.717) is 5.92 Å². The third kappa shape index (κ3) is 2.53. The van der Waals surface area contributed by atoms with Crippen molar-refractivity contribution in [3.05, 3.63) is 84.1 Å². The van der Waals surface area contributed by atoms with Gasteiger partial charge in [-0.2, -0.15) is 0 Å². The second-order valence-corrected chi connectivity index (χ2v) is 6.55. The summed E-state index contributed by atoms with van der Waals surface area (Å²) in [6.07, 6.45) is 2.20. The van der Waals surface area contributed by atoms with E-state index >= 15 is 0 Å². The molecule has 0 saturated heterocycles. The molecule has 0 amide bonds. The Balaban J connectivity index is 1.78. The predicted octanol–water partition coefficient (Wildman–Crippen LogP) is 5.97. The van der Waals surface area contributed by atoms with E-state index in [-0.39, 0.29) is 0 Å². The van der Waals surface area contributed by atoms with Crippen LogP contribution in [0.15, 0.2) is 72.9 Å². The second-order valence-electron chi connectivity index (χ2n) is 6.55. The average molecular weight is 299 g/mol. The minimum Gasteiger partial charge on any atom is -0.343 e. The van der Waals surface area contributed by atoms with E-state index in [0.717, 1.165) is 6.54 Å². The van der Waals surface area contributed by atoms with Crippen LogP contribution >= 0.6 is 0 Å². The van der Waals surface area contributed by atoms with Gasteiger partial charge < -0.3 is 4.57 Å². The molecule has 1 heterocycles. The number of nitrogens with zero attached hydrogens (tertiary/aromatic N) is 1. The van der Waals surface area contributed by atoms with Crippen LogP contribution in [-0.4, -0.2) is 4.57 Å². The molecule has 4 rings (SSSR count). The molecule has 0 radical (unpaired) electrons. The monoisotopic (exact) mass is 299 g/mol. The fourth-order valence-corrected chi connectivity index (χ4v) is 3.33. The molecule has 1 nitrogen and oxygen atoms in total. The van der Waals surface area contributed by atoms with Crippen molar-refractivity contribution < 1.29 is 0 Å². The van der Waals surface area contributed by atoms with Crippen molar-refractivity contribution >= 4 is 21.7 Å². The second kappa shape index (κ2) is 5.58. The molecule has 0 bridgehead atoms. The van der Waals surface area contributed by atoms with Gasteiger partial charge >= 0.3 is 0 Å². The molecule has 0 fully saturated rings. The molecule has 0 saturated carbocycles. The van der Waals surface area contributed by atoms with Crippen LogP contribution in [-0.2, 0) is 6.54 Å². The van der Waals surface area contributed by atoms with Crippen LogP contribution in [0.3, 0.4) is 0 Å². The van der Waals surface area contributed by atoms with Gasteiger partial charge in [-0.05, 0) is 51.4 Å². The number of hydrogen-bond acceptors (Lipinski definition) is 0. The highest BCUT2D eigenvalue weighted by Gasteiger charge is 2.07. The van der Waals surface area contributed by atoms with Crippen molar-refractivity contribution in [3.8, 4) is 0 Å². The van der Waals surface area contributed by atoms with Gasteiger partial charge in [0.25, 0.3) is 0 Å². The van der Waals surface area contributed by atoms with Gasteiger partial charge in [0.05, 0.1) is 0 Å². The lowest BCUT2D eigenvalue weighted by molar-refractivity contribution is 0.841. The summed E-state index contributed by atoms with van der Waals surface area (Å²) in [5.41, 5.74) is 4.08. The summed E-state index contributed by atoms with van der Waals surface area (Å²) < 4.78 is 2.35. The maximum atomic E-state index is 2.35. The van der Waals surface area contributed by atoms with Crippen LogP contribution < -0.4 is 0 Å². The Bertz CT molecular complexity index is 970. The highest BCUT2D eigenvalue weighted by atomic mass is 14.9. The van der Waals surface area contributed by atoms with Gasteiger partial charge in [0.1, 0.15) is 0 Å². The minimum atomic E-state index is 0.570. The van der Waals surface area contributed by atoms with Crippen molar-refractivity contribution in [2.24, 2.45) is 0 Å². The maximum Gasteiger partial charge on any atom is 0.0483 e. The molecule has 23 heavy (non-hydrogen) atoms. The molecule has 1 aromatic heterocycles. The van der Waals surface area contributed by atoms with E-state index in [1.165, 1.54) is 32.8 Å². The Morgan fingerprint density at radius 2 is 1.65 bits per heavy atom. The van der Waals surface area contributed by atoms with Gasteiger partial charge in [0, 0.05) is 18.3 Å². The van der Waals surface area contributed by atoms with Crippen LogP contribution in [0.1, 0.15) is 30.9 Å². The van der Waals surface area contributed by atoms with E-state index in [9.17, 15) is 0 Å². The molecule has 0 N–H and O–H groups in total. The summed E-state index contributed by atoms with van der Waals surface area (Å²) in [6, 6.07) is 24.3. The van der Waals surface area contributed by atoms with E-state index in [1.54, 1.807) is 0 Å². The first-order valence-corrected chi connectivity index (χ1v) is 8.28. The molecule has 0 unspecified atom stereocenters. The summed E-state index contributed by atoms with van der Waals surface area (Å²) in [5, 5.41) is 3.98. The van der Waals surface area contributed by atoms with Crippen molar-refractivity contribution in [2.45, 2.75) is 26.3 Å². The Kier molecular flexibility index (Phi) is 3.42. The zero-order chi connectivity index (χ0) is 15.8. The average Bonchev–Trinajstić information content (AvgIpc) is 2.97. The smallest absolute Gasteiger partial charge is 0.0483 e. The molecule has 0 aliphatic carbocycles. The van der Waals surface area contributed by atoms with Gasteiger partial charge in [0.2, 0.25) is 0 Å². The number of benzene rings is 3. The summed E-state index contributed by atoms with van der Waals surface area (Å²) in [5.74, 6) is 0.570. The van der Waals surface area contributed by atoms with Gasteiger partial charge in [-0.3, -0.25) is 0 Å². The van der Waals surface area contributed by atoms with Crippen LogP contribution in [0.4, 0.5) is 0 Å². The zero-order valence-corrected chi connectivity index (χ0v) is 13.7. The molecule has 3 aromatic carbocycles. The highest BCUT2D eigenvalue weighted by molar-refractivity contribution is 5.86. The van der Waals surface area contributed by atoms with Gasteiger partial charge in [-0.25, -0.2) is 0 Å². The standard InChI is InChI=1S/C22H21N/c1-16(2)18-10-11-22-19(14-18)12-13-23(22)15-20-8-5-7-17-6-3-4-9-21(17)20/h3-14,16H,15H2,1-2H3. The van der Waals surface area contributed by atoms with E-state index in [4.69, 9.17) is 0 Å². The van der Waals surface area contributed by atoms with Crippen molar-refractivity contribution in [2.75, 3.05) is 0 Å². The first-order valence-electron chi connectivity index (χ1n) is 8.28. The largest absolute Gasteiger partial charge is 0.343 e. The Hall–Kier alpha value is -2.54. The topological polar surface area (TPSA) is 4.93 Å². The predicted molar refractivity (Wildman–Crippen MR) is 99.1 cm³/mol. The molecule has 114 valence electrons. The maximum absolute atomic E-state index is 2.35. The number of fused-ring (bicyclic) bond motifs is 2. The molecule has 4 aromatic rings. The van der Waals surface area contributed by atoms with E-state index < -0.39 is 0 Å². The summed E-state index contributed by atoms with van der Waals surface area (Å²) >= 11 is 0. The van der Waals surface area contributed by atoms with Crippen LogP contribution in [0.5, 0.6) is 0 Å². The lowest BCUT2D eigenvalue weighted by Gasteiger charge is -2.10. The Labute approximate surface area is 137 Å². The molecule has 0 aliphatic heterocycles. The van der Waals surface area contributed by atoms with Crippen molar-refractivity contribution in [1.29, 1.82) is 0 Å². The quantitative estimate of drug-likeness (QED) is 0.439. The Morgan fingerprint density at radius 3 is 2.52 bits per heavy atom. The third-order valence-electron chi connectivity index (χ3n) is 4.68. The van der Waals surface area contributed by atoms with Gasteiger partial charge in [-0.15, -0.1) is 0 Å². The lowest BCUT2D eigenvalue weighted by Crippen LogP contribution is -1.99. The molecule has 0 aliphatic rings. The van der Waals surface area contributed by atoms with Crippen LogP contribution in [0.2, 0.25) is 0 Å². The molecule has 0 spiro atoms. The highest BCUT2D eigenvalue weighted by Crippen LogP contribution is 2.25. The Morgan fingerprint density at radius 1 is 0.826 bits per heavy atom. The summed E-state index contributed by atoms with van der Waals surface area (Å²) in [6.45, 7) is 5.40. The first kappa shape index (κ1) is 14.1. The van der Waals surface area contributed by atoms with Crippen molar-refractivity contribution in [1.82, 2.24) is 4.57 Å². The van der Waals surface area contributed by atoms with Gasteiger partial charge in [0.15, 0.2) is 0 Å². The zero-order valence-electron chi connectivity index (χ0n) is 13.7. The third-order valence-corrected chi connectivity index (χ3v) is 4.68. The van der Waals surface area contributed by atoms with Crippen LogP contribution in [0.25, 0.3) is 21.7 Å². The summed E-state index contributed by atoms with van der Waals surface area (Å²) in [7, 11) is 0. The van der Waals surface area contributed by atoms with Crippen molar-refractivity contribution in [3.63, 3.8) is 0 Å². The number of hydrogen-bond donors (Lipinski definition) is 0. The molecule has 1 heteroatoms. The normalized spacial score (nSPS) is 11.6. The van der Waals surface area contributed by atoms with Gasteiger partial charge in [-0.1, -0.05) is 62.4 Å². The summed E-state index contributed by atoms with van der Waals surface area (Å²) in [4.78, 5) is 0. The van der Waals surface area contributed by atoms with E-state index in [1.807, 2.05) is 0 Å². The number of aromatic nitrogens is 1. The fourth-order valence-electron chi connectivity index (χ4n) is 3.33. The minimum absolute atomic E-state index is 0.570. The lowest BCUT2D eigenvalue weighted by atomic mass is 10.0. The molecular formula is C22H21N. The molecular weight excluding hydrogens is 278 g/mol. The SMILES string of the molecule is CC(C)c1ccc2c(ccn2Cc2cccc3ccccc23)c1. The number of rotatable bonds is 3. The van der Waals surface area contributed by atoms with Crippen LogP contribution in [0, 0.1) is 0 Å².